The molecule has 0 aliphatic rings. The Kier molecular flexibility index (Phi) is 3.28. The fourth-order valence-electron chi connectivity index (χ4n) is 1.15. The summed E-state index contributed by atoms with van der Waals surface area (Å²) in [5, 5.41) is 0. The zero-order valence-corrected chi connectivity index (χ0v) is 9.67. The average Bonchev–Trinajstić information content (AvgIpc) is 2.80. The van der Waals surface area contributed by atoms with Crippen LogP contribution < -0.4 is 0 Å². The van der Waals surface area contributed by atoms with Gasteiger partial charge in [-0.2, -0.15) is 0 Å². The van der Waals surface area contributed by atoms with Crippen molar-refractivity contribution < 1.29 is 4.79 Å². The molecule has 3 heteroatoms. The summed E-state index contributed by atoms with van der Waals surface area (Å²) >= 11 is 0.395. The Morgan fingerprint density at radius 1 is 1.33 bits per heavy atom. The minimum atomic E-state index is 0.00620. The van der Waals surface area contributed by atoms with Crippen LogP contribution in [0.25, 0.3) is 6.08 Å². The van der Waals surface area contributed by atoms with Gasteiger partial charge in [-0.05, 0) is 0 Å². The number of carbonyl (C=O) groups is 1. The summed E-state index contributed by atoms with van der Waals surface area (Å²) < 4.78 is 1.22. The second-order valence-electron chi connectivity index (χ2n) is 2.95. The van der Waals surface area contributed by atoms with E-state index in [2.05, 4.69) is 9.92 Å². The monoisotopic (exact) mass is 263 g/mol. The molecule has 74 valence electrons. The molecule has 2 heterocycles. The molecule has 2 aromatic heterocycles. The van der Waals surface area contributed by atoms with Crippen LogP contribution in [0.15, 0.2) is 47.7 Å². The molecule has 0 saturated heterocycles. The molecule has 0 atom stereocenters. The van der Waals surface area contributed by atoms with E-state index in [1.165, 1.54) is 4.44 Å². The molecule has 0 spiro atoms. The Bertz CT molecular complexity index is 460. The summed E-state index contributed by atoms with van der Waals surface area (Å²) in [5.41, 5.74) is 0.632. The Labute approximate surface area is 94.0 Å². The summed E-state index contributed by atoms with van der Waals surface area (Å²) in [6.45, 7) is 0. The molecule has 0 aliphatic heterocycles. The molecule has 0 bridgehead atoms. The van der Waals surface area contributed by atoms with E-state index in [1.807, 2.05) is 18.2 Å². The number of pyridine rings is 1. The summed E-state index contributed by atoms with van der Waals surface area (Å²) in [7, 11) is 0. The molecule has 2 aromatic rings. The number of hydrogen-bond donors (Lipinski definition) is 0. The zero-order valence-electron chi connectivity index (χ0n) is 7.96. The van der Waals surface area contributed by atoms with Gasteiger partial charge >= 0.3 is 93.8 Å². The standard InChI is InChI=1S/C12H9NOSe/c14-12(10-3-1-7-13-9-10)6-5-11-4-2-8-15-11/h1-9H/b6-5+. The van der Waals surface area contributed by atoms with Crippen LogP contribution in [0.3, 0.4) is 0 Å². The number of hydrogen-bond acceptors (Lipinski definition) is 2. The van der Waals surface area contributed by atoms with Crippen molar-refractivity contribution in [3.63, 3.8) is 0 Å². The normalized spacial score (nSPS) is 10.7. The van der Waals surface area contributed by atoms with Gasteiger partial charge in [-0.25, -0.2) is 0 Å². The van der Waals surface area contributed by atoms with Crippen LogP contribution >= 0.6 is 0 Å². The molecule has 0 unspecified atom stereocenters. The molecule has 0 amide bonds. The fourth-order valence-corrected chi connectivity index (χ4v) is 2.45. The first-order valence-electron chi connectivity index (χ1n) is 4.52. The summed E-state index contributed by atoms with van der Waals surface area (Å²) in [6, 6.07) is 7.59. The third kappa shape index (κ3) is 2.75. The van der Waals surface area contributed by atoms with Gasteiger partial charge < -0.3 is 0 Å². The van der Waals surface area contributed by atoms with Gasteiger partial charge in [0.15, 0.2) is 0 Å². The summed E-state index contributed by atoms with van der Waals surface area (Å²) in [5.74, 6) is 0.00620. The van der Waals surface area contributed by atoms with E-state index < -0.39 is 0 Å². The molecular formula is C12H9NOSe. The number of carbonyl (C=O) groups excluding carboxylic acids is 1. The van der Waals surface area contributed by atoms with E-state index in [9.17, 15) is 4.79 Å². The Hall–Kier alpha value is -1.44. The van der Waals surface area contributed by atoms with Gasteiger partial charge in [0.1, 0.15) is 0 Å². The van der Waals surface area contributed by atoms with Crippen molar-refractivity contribution in [3.05, 3.63) is 57.7 Å². The van der Waals surface area contributed by atoms with E-state index in [0.29, 0.717) is 20.1 Å². The third-order valence-electron chi connectivity index (χ3n) is 1.89. The molecule has 15 heavy (non-hydrogen) atoms. The second kappa shape index (κ2) is 4.87. The molecule has 0 radical (unpaired) electrons. The topological polar surface area (TPSA) is 30.0 Å². The van der Waals surface area contributed by atoms with Crippen molar-refractivity contribution in [1.29, 1.82) is 0 Å². The van der Waals surface area contributed by atoms with Gasteiger partial charge in [0.2, 0.25) is 0 Å². The number of nitrogens with zero attached hydrogens (tertiary/aromatic N) is 1. The predicted molar refractivity (Wildman–Crippen MR) is 61.0 cm³/mol. The molecule has 0 aromatic carbocycles. The number of aromatic nitrogens is 1. The van der Waals surface area contributed by atoms with Crippen LogP contribution in [0.4, 0.5) is 0 Å². The van der Waals surface area contributed by atoms with Crippen molar-refractivity contribution in [3.8, 4) is 0 Å². The maximum absolute atomic E-state index is 11.6. The number of rotatable bonds is 3. The van der Waals surface area contributed by atoms with Crippen molar-refractivity contribution in [2.24, 2.45) is 0 Å². The number of allylic oxidation sites excluding steroid dienone is 1. The van der Waals surface area contributed by atoms with E-state index >= 15 is 0 Å². The summed E-state index contributed by atoms with van der Waals surface area (Å²) in [4.78, 5) is 17.7. The molecular weight excluding hydrogens is 253 g/mol. The average molecular weight is 262 g/mol. The molecule has 2 rings (SSSR count). The molecule has 0 fully saturated rings. The fraction of sp³-hybridized carbons (Fsp3) is 0. The van der Waals surface area contributed by atoms with E-state index in [1.54, 1.807) is 30.6 Å². The first kappa shape index (κ1) is 10.1. The molecule has 0 saturated carbocycles. The number of ketones is 1. The first-order chi connectivity index (χ1) is 7.36. The van der Waals surface area contributed by atoms with Gasteiger partial charge in [-0.3, -0.25) is 0 Å². The van der Waals surface area contributed by atoms with Crippen LogP contribution in [0.1, 0.15) is 14.8 Å². The van der Waals surface area contributed by atoms with Crippen LogP contribution in [0.5, 0.6) is 0 Å². The van der Waals surface area contributed by atoms with Crippen molar-refractivity contribution in [1.82, 2.24) is 4.98 Å². The molecule has 0 N–H and O–H groups in total. The van der Waals surface area contributed by atoms with Gasteiger partial charge in [0, 0.05) is 0 Å². The van der Waals surface area contributed by atoms with E-state index in [-0.39, 0.29) is 5.78 Å². The minimum absolute atomic E-state index is 0.00620. The summed E-state index contributed by atoms with van der Waals surface area (Å²) in [6.07, 6.45) is 6.74. The quantitative estimate of drug-likeness (QED) is 0.481. The predicted octanol–water partition coefficient (Wildman–Crippen LogP) is 2.03. The van der Waals surface area contributed by atoms with Crippen LogP contribution in [0, 0.1) is 0 Å². The first-order valence-corrected chi connectivity index (χ1v) is 6.37. The molecule has 0 aliphatic carbocycles. The maximum atomic E-state index is 11.6. The third-order valence-corrected chi connectivity index (χ3v) is 3.65. The van der Waals surface area contributed by atoms with E-state index in [4.69, 9.17) is 0 Å². The SMILES string of the molecule is O=C(/C=C/c1ccc[se]1)c1cccnc1. The van der Waals surface area contributed by atoms with E-state index in [0.717, 1.165) is 0 Å². The molecule has 2 nitrogen and oxygen atoms in total. The van der Waals surface area contributed by atoms with Gasteiger partial charge in [0.25, 0.3) is 0 Å². The zero-order chi connectivity index (χ0) is 10.5. The van der Waals surface area contributed by atoms with Crippen molar-refractivity contribution in [2.75, 3.05) is 0 Å². The van der Waals surface area contributed by atoms with Crippen LogP contribution in [0.2, 0.25) is 0 Å². The van der Waals surface area contributed by atoms with Crippen LogP contribution in [-0.4, -0.2) is 25.3 Å². The Morgan fingerprint density at radius 3 is 2.93 bits per heavy atom. The van der Waals surface area contributed by atoms with Gasteiger partial charge in [-0.1, -0.05) is 0 Å². The van der Waals surface area contributed by atoms with Gasteiger partial charge in [-0.15, -0.1) is 0 Å². The Balaban J connectivity index is 2.11. The van der Waals surface area contributed by atoms with Crippen LogP contribution in [-0.2, 0) is 0 Å². The van der Waals surface area contributed by atoms with Gasteiger partial charge in [0.05, 0.1) is 0 Å². The Morgan fingerprint density at radius 2 is 2.27 bits per heavy atom. The second-order valence-corrected chi connectivity index (χ2v) is 5.01. The van der Waals surface area contributed by atoms with Crippen molar-refractivity contribution >= 4 is 26.4 Å². The van der Waals surface area contributed by atoms with Crippen molar-refractivity contribution in [2.45, 2.75) is 0 Å².